The molecule has 0 bridgehead atoms. The number of pyridine rings is 1. The first-order valence-electron chi connectivity index (χ1n) is 9.88. The molecule has 1 aliphatic rings. The Morgan fingerprint density at radius 2 is 2.19 bits per heavy atom. The van der Waals surface area contributed by atoms with Crippen molar-refractivity contribution in [3.63, 3.8) is 0 Å². The molecule has 3 heterocycles. The maximum Gasteiger partial charge on any atom is 0.414 e. The van der Waals surface area contributed by atoms with Gasteiger partial charge in [-0.1, -0.05) is 6.07 Å². The van der Waals surface area contributed by atoms with E-state index in [0.29, 0.717) is 34.9 Å². The van der Waals surface area contributed by atoms with Gasteiger partial charge in [0, 0.05) is 17.3 Å². The molecular weight excluding hydrogens is 421 g/mol. The van der Waals surface area contributed by atoms with E-state index in [-0.39, 0.29) is 19.6 Å². The Labute approximate surface area is 181 Å². The molecule has 11 nitrogen and oxygen atoms in total. The van der Waals surface area contributed by atoms with Gasteiger partial charge in [0.05, 0.1) is 32.2 Å². The number of amides is 1. The number of hydrogen-bond donors (Lipinski definition) is 1. The molecule has 32 heavy (non-hydrogen) atoms. The topological polar surface area (TPSA) is 140 Å². The third kappa shape index (κ3) is 4.54. The van der Waals surface area contributed by atoms with Crippen LogP contribution in [0.3, 0.4) is 0 Å². The fraction of sp³-hybridized carbons (Fsp3) is 0.300. The number of halogens is 1. The van der Waals surface area contributed by atoms with Gasteiger partial charge in [-0.15, -0.1) is 10.2 Å². The Morgan fingerprint density at radius 3 is 2.84 bits per heavy atom. The molecule has 1 aromatic carbocycles. The third-order valence-electron chi connectivity index (χ3n) is 4.76. The van der Waals surface area contributed by atoms with Crippen LogP contribution in [-0.4, -0.2) is 63.1 Å². The normalized spacial score (nSPS) is 15.7. The molecule has 2 aromatic heterocycles. The predicted molar refractivity (Wildman–Crippen MR) is 108 cm³/mol. The van der Waals surface area contributed by atoms with Crippen molar-refractivity contribution in [1.29, 1.82) is 0 Å². The van der Waals surface area contributed by atoms with E-state index in [0.717, 1.165) is 0 Å². The summed E-state index contributed by atoms with van der Waals surface area (Å²) in [6, 6.07) is 7.83. The average molecular weight is 442 g/mol. The van der Waals surface area contributed by atoms with Crippen molar-refractivity contribution in [3.05, 3.63) is 42.3 Å². The zero-order valence-corrected chi connectivity index (χ0v) is 17.3. The highest BCUT2D eigenvalue weighted by atomic mass is 19.1. The van der Waals surface area contributed by atoms with Crippen molar-refractivity contribution in [3.8, 4) is 22.6 Å². The molecule has 0 saturated carbocycles. The summed E-state index contributed by atoms with van der Waals surface area (Å²) in [5, 5.41) is 11.7. The van der Waals surface area contributed by atoms with E-state index in [4.69, 9.17) is 9.47 Å². The lowest BCUT2D eigenvalue weighted by atomic mass is 10.1. The van der Waals surface area contributed by atoms with Crippen molar-refractivity contribution in [2.75, 3.05) is 24.6 Å². The van der Waals surface area contributed by atoms with Crippen LogP contribution in [0.1, 0.15) is 6.42 Å². The standard InChI is InChI=1S/C20H20FN7O4/c1-27-25-19(24-26-27)17-5-2-12(9-23-17)15-4-3-13(8-16(15)21)28-10-14(32-20(28)30)11-31-18(29)6-7-22/h2-5,8-9,14H,6-7,10-11,22H2,1H3/p+1/t14-/m1/s1. The van der Waals surface area contributed by atoms with Gasteiger partial charge in [0.1, 0.15) is 18.1 Å². The lowest BCUT2D eigenvalue weighted by Crippen LogP contribution is -2.51. The summed E-state index contributed by atoms with van der Waals surface area (Å²) < 4.78 is 25.1. The number of aryl methyl sites for hydroxylation is 1. The number of nitrogens with zero attached hydrogens (tertiary/aromatic N) is 6. The van der Waals surface area contributed by atoms with Gasteiger partial charge in [-0.2, -0.15) is 4.80 Å². The second-order valence-electron chi connectivity index (χ2n) is 7.10. The van der Waals surface area contributed by atoms with Crippen LogP contribution >= 0.6 is 0 Å². The smallest absolute Gasteiger partial charge is 0.414 e. The largest absolute Gasteiger partial charge is 0.461 e. The second-order valence-corrected chi connectivity index (χ2v) is 7.10. The summed E-state index contributed by atoms with van der Waals surface area (Å²) in [5.74, 6) is -0.554. The highest BCUT2D eigenvalue weighted by Gasteiger charge is 2.33. The van der Waals surface area contributed by atoms with E-state index in [2.05, 4.69) is 26.1 Å². The average Bonchev–Trinajstić information content (AvgIpc) is 3.38. The number of benzene rings is 1. The van der Waals surface area contributed by atoms with E-state index < -0.39 is 24.0 Å². The van der Waals surface area contributed by atoms with Crippen molar-refractivity contribution in [1.82, 2.24) is 25.2 Å². The van der Waals surface area contributed by atoms with Gasteiger partial charge in [-0.05, 0) is 29.5 Å². The maximum atomic E-state index is 14.9. The molecule has 4 rings (SSSR count). The molecule has 1 fully saturated rings. The summed E-state index contributed by atoms with van der Waals surface area (Å²) in [7, 11) is 1.65. The van der Waals surface area contributed by atoms with E-state index in [1.807, 2.05) is 0 Å². The summed E-state index contributed by atoms with van der Waals surface area (Å²) in [6.07, 6.45) is 0.468. The molecule has 0 spiro atoms. The number of aromatic nitrogens is 5. The van der Waals surface area contributed by atoms with Crippen molar-refractivity contribution < 1.29 is 29.2 Å². The van der Waals surface area contributed by atoms with Crippen LogP contribution in [0.2, 0.25) is 0 Å². The number of rotatable bonds is 7. The Hall–Kier alpha value is -3.93. The number of cyclic esters (lactones) is 1. The van der Waals surface area contributed by atoms with E-state index >= 15 is 0 Å². The first-order chi connectivity index (χ1) is 15.4. The molecule has 1 aliphatic heterocycles. The van der Waals surface area contributed by atoms with Gasteiger partial charge < -0.3 is 15.2 Å². The Balaban J connectivity index is 1.45. The Kier molecular flexibility index (Phi) is 6.03. The summed E-state index contributed by atoms with van der Waals surface area (Å²) in [4.78, 5) is 30.6. The summed E-state index contributed by atoms with van der Waals surface area (Å²) in [5.41, 5.74) is 5.32. The van der Waals surface area contributed by atoms with Crippen LogP contribution in [0.15, 0.2) is 36.5 Å². The van der Waals surface area contributed by atoms with Crippen LogP contribution in [0.25, 0.3) is 22.6 Å². The molecule has 3 aromatic rings. The monoisotopic (exact) mass is 442 g/mol. The van der Waals surface area contributed by atoms with Gasteiger partial charge >= 0.3 is 12.1 Å². The molecule has 1 saturated heterocycles. The minimum Gasteiger partial charge on any atom is -0.461 e. The number of quaternary nitrogens is 1. The van der Waals surface area contributed by atoms with Crippen LogP contribution in [0.5, 0.6) is 0 Å². The molecule has 1 amide bonds. The second kappa shape index (κ2) is 9.06. The minimum absolute atomic E-state index is 0.0553. The van der Waals surface area contributed by atoms with Gasteiger partial charge in [0.15, 0.2) is 6.10 Å². The van der Waals surface area contributed by atoms with E-state index in [9.17, 15) is 14.0 Å². The summed E-state index contributed by atoms with van der Waals surface area (Å²) >= 11 is 0. The molecule has 0 unspecified atom stereocenters. The minimum atomic E-state index is -0.627. The van der Waals surface area contributed by atoms with Crippen LogP contribution in [0.4, 0.5) is 14.9 Å². The number of carbonyl (C=O) groups excluding carboxylic acids is 2. The SMILES string of the molecule is Cn1nnc(-c2ccc(-c3ccc(N4C[C@H](COC(=O)CC[NH3+])OC4=O)cc3F)cn2)n1. The van der Waals surface area contributed by atoms with Crippen molar-refractivity contribution in [2.24, 2.45) is 7.05 Å². The highest BCUT2D eigenvalue weighted by Crippen LogP contribution is 2.29. The fourth-order valence-electron chi connectivity index (χ4n) is 3.20. The van der Waals surface area contributed by atoms with Gasteiger partial charge in [0.2, 0.25) is 5.82 Å². The predicted octanol–water partition coefficient (Wildman–Crippen LogP) is 0.579. The Bertz CT molecular complexity index is 1140. The molecule has 166 valence electrons. The number of carbonyl (C=O) groups is 2. The van der Waals surface area contributed by atoms with E-state index in [1.165, 1.54) is 22.0 Å². The van der Waals surface area contributed by atoms with Gasteiger partial charge in [-0.3, -0.25) is 14.7 Å². The number of esters is 1. The maximum absolute atomic E-state index is 14.9. The zero-order chi connectivity index (χ0) is 22.7. The molecular formula is C20H21FN7O4+. The van der Waals surface area contributed by atoms with E-state index in [1.54, 1.807) is 31.3 Å². The number of hydrogen-bond acceptors (Lipinski definition) is 8. The van der Waals surface area contributed by atoms with Crippen molar-refractivity contribution in [2.45, 2.75) is 12.5 Å². The molecule has 12 heteroatoms. The lowest BCUT2D eigenvalue weighted by molar-refractivity contribution is -0.366. The first kappa shape index (κ1) is 21.3. The summed E-state index contributed by atoms with van der Waals surface area (Å²) in [6.45, 7) is 0.521. The van der Waals surface area contributed by atoms with Gasteiger partial charge in [0.25, 0.3) is 0 Å². The lowest BCUT2D eigenvalue weighted by Gasteiger charge is -2.14. The molecule has 3 N–H and O–H groups in total. The van der Waals surface area contributed by atoms with Crippen LogP contribution < -0.4 is 10.6 Å². The Morgan fingerprint density at radius 1 is 1.34 bits per heavy atom. The molecule has 1 atom stereocenters. The molecule has 0 radical (unpaired) electrons. The zero-order valence-electron chi connectivity index (χ0n) is 17.3. The van der Waals surface area contributed by atoms with Gasteiger partial charge in [-0.25, -0.2) is 9.18 Å². The van der Waals surface area contributed by atoms with Crippen molar-refractivity contribution >= 4 is 17.7 Å². The highest BCUT2D eigenvalue weighted by molar-refractivity contribution is 5.90. The van der Waals surface area contributed by atoms with Crippen LogP contribution in [-0.2, 0) is 21.3 Å². The molecule has 0 aliphatic carbocycles. The number of tetrazole rings is 1. The first-order valence-corrected chi connectivity index (χ1v) is 9.88. The third-order valence-corrected chi connectivity index (χ3v) is 4.76. The quantitative estimate of drug-likeness (QED) is 0.524. The fourth-order valence-corrected chi connectivity index (χ4v) is 3.20. The van der Waals surface area contributed by atoms with Crippen LogP contribution in [0, 0.1) is 5.82 Å². The number of ether oxygens (including phenoxy) is 2. The number of anilines is 1.